The zero-order chi connectivity index (χ0) is 11.8. The molecule has 3 rings (SSSR count). The number of fused-ring (bicyclic) bond motifs is 1. The monoisotopic (exact) mass is 243 g/mol. The highest BCUT2D eigenvalue weighted by molar-refractivity contribution is 7.10. The van der Waals surface area contributed by atoms with Crippen molar-refractivity contribution in [1.82, 2.24) is 0 Å². The fourth-order valence-corrected chi connectivity index (χ4v) is 3.53. The van der Waals surface area contributed by atoms with Crippen LogP contribution in [0.15, 0.2) is 29.6 Å². The second kappa shape index (κ2) is 4.19. The Morgan fingerprint density at radius 3 is 2.94 bits per heavy atom. The van der Waals surface area contributed by atoms with Crippen molar-refractivity contribution < 1.29 is 0 Å². The van der Waals surface area contributed by atoms with Crippen LogP contribution in [0.1, 0.15) is 27.5 Å². The molecular weight excluding hydrogens is 226 g/mol. The van der Waals surface area contributed by atoms with Crippen LogP contribution in [0.25, 0.3) is 0 Å². The van der Waals surface area contributed by atoms with Gasteiger partial charge in [0, 0.05) is 23.0 Å². The predicted molar refractivity (Wildman–Crippen MR) is 75.2 cm³/mol. The molecule has 2 heteroatoms. The first kappa shape index (κ1) is 10.8. The van der Waals surface area contributed by atoms with Gasteiger partial charge in [0.25, 0.3) is 0 Å². The van der Waals surface area contributed by atoms with Gasteiger partial charge in [0.15, 0.2) is 0 Å². The fourth-order valence-electron chi connectivity index (χ4n) is 2.70. The predicted octanol–water partition coefficient (Wildman–Crippen LogP) is 4.12. The number of nitrogens with one attached hydrogen (secondary N) is 1. The number of anilines is 1. The summed E-state index contributed by atoms with van der Waals surface area (Å²) in [7, 11) is 0. The molecule has 1 aliphatic heterocycles. The summed E-state index contributed by atoms with van der Waals surface area (Å²) in [5, 5.41) is 5.76. The van der Waals surface area contributed by atoms with Gasteiger partial charge in [-0.05, 0) is 54.5 Å². The maximum Gasteiger partial charge on any atom is 0.0378 e. The normalized spacial score (nSPS) is 18.6. The molecular formula is C15H17NS. The van der Waals surface area contributed by atoms with Gasteiger partial charge in [0.2, 0.25) is 0 Å². The van der Waals surface area contributed by atoms with Crippen molar-refractivity contribution >= 4 is 17.0 Å². The van der Waals surface area contributed by atoms with Crippen LogP contribution in [0.5, 0.6) is 0 Å². The van der Waals surface area contributed by atoms with E-state index in [2.05, 4.69) is 48.8 Å². The molecule has 0 amide bonds. The van der Waals surface area contributed by atoms with Crippen LogP contribution in [0.2, 0.25) is 0 Å². The van der Waals surface area contributed by atoms with E-state index in [1.165, 1.54) is 33.7 Å². The molecule has 0 saturated carbocycles. The molecule has 1 nitrogen and oxygen atoms in total. The molecule has 1 aromatic heterocycles. The Bertz CT molecular complexity index is 528. The SMILES string of the molecule is Cc1cc(C)c2c(c1)NCC(c1cccs1)C2. The first-order valence-corrected chi connectivity index (χ1v) is 6.99. The van der Waals surface area contributed by atoms with Crippen molar-refractivity contribution in [3.05, 3.63) is 51.2 Å². The minimum absolute atomic E-state index is 0.643. The van der Waals surface area contributed by atoms with Crippen molar-refractivity contribution in [2.75, 3.05) is 11.9 Å². The van der Waals surface area contributed by atoms with Gasteiger partial charge in [-0.1, -0.05) is 12.1 Å². The Hall–Kier alpha value is -1.28. The van der Waals surface area contributed by atoms with Gasteiger partial charge in [0.1, 0.15) is 0 Å². The molecule has 0 fully saturated rings. The van der Waals surface area contributed by atoms with Crippen LogP contribution >= 0.6 is 11.3 Å². The maximum absolute atomic E-state index is 3.59. The molecule has 1 aliphatic rings. The summed E-state index contributed by atoms with van der Waals surface area (Å²) < 4.78 is 0. The van der Waals surface area contributed by atoms with Gasteiger partial charge in [-0.3, -0.25) is 0 Å². The lowest BCUT2D eigenvalue weighted by Crippen LogP contribution is -2.21. The highest BCUT2D eigenvalue weighted by Crippen LogP contribution is 2.34. The Morgan fingerprint density at radius 1 is 1.29 bits per heavy atom. The van der Waals surface area contributed by atoms with Gasteiger partial charge in [-0.25, -0.2) is 0 Å². The molecule has 2 aromatic rings. The highest BCUT2D eigenvalue weighted by atomic mass is 32.1. The summed E-state index contributed by atoms with van der Waals surface area (Å²) in [6.07, 6.45) is 1.18. The van der Waals surface area contributed by atoms with E-state index >= 15 is 0 Å². The average Bonchev–Trinajstić information content (AvgIpc) is 2.82. The number of hydrogen-bond donors (Lipinski definition) is 1. The number of thiophene rings is 1. The summed E-state index contributed by atoms with van der Waals surface area (Å²) in [5.74, 6) is 0.643. The van der Waals surface area contributed by atoms with Crippen molar-refractivity contribution in [3.63, 3.8) is 0 Å². The lowest BCUT2D eigenvalue weighted by atomic mass is 9.89. The van der Waals surface area contributed by atoms with Crippen LogP contribution in [0.4, 0.5) is 5.69 Å². The van der Waals surface area contributed by atoms with Crippen LogP contribution < -0.4 is 5.32 Å². The van der Waals surface area contributed by atoms with Crippen LogP contribution in [0, 0.1) is 13.8 Å². The van der Waals surface area contributed by atoms with Gasteiger partial charge >= 0.3 is 0 Å². The van der Waals surface area contributed by atoms with Crippen molar-refractivity contribution in [3.8, 4) is 0 Å². The molecule has 0 aliphatic carbocycles. The van der Waals surface area contributed by atoms with Crippen LogP contribution in [0.3, 0.4) is 0 Å². The molecule has 88 valence electrons. The Morgan fingerprint density at radius 2 is 2.18 bits per heavy atom. The van der Waals surface area contributed by atoms with Gasteiger partial charge < -0.3 is 5.32 Å². The van der Waals surface area contributed by atoms with Crippen molar-refractivity contribution in [1.29, 1.82) is 0 Å². The van der Waals surface area contributed by atoms with Gasteiger partial charge in [-0.15, -0.1) is 11.3 Å². The molecule has 0 bridgehead atoms. The minimum Gasteiger partial charge on any atom is -0.384 e. The largest absolute Gasteiger partial charge is 0.384 e. The fraction of sp³-hybridized carbons (Fsp3) is 0.333. The van der Waals surface area contributed by atoms with Gasteiger partial charge in [0.05, 0.1) is 0 Å². The van der Waals surface area contributed by atoms with Gasteiger partial charge in [-0.2, -0.15) is 0 Å². The number of hydrogen-bond acceptors (Lipinski definition) is 2. The number of aryl methyl sites for hydroxylation is 2. The van der Waals surface area contributed by atoms with E-state index in [9.17, 15) is 0 Å². The number of benzene rings is 1. The van der Waals surface area contributed by atoms with E-state index in [0.29, 0.717) is 5.92 Å². The van der Waals surface area contributed by atoms with Crippen molar-refractivity contribution in [2.24, 2.45) is 0 Å². The lowest BCUT2D eigenvalue weighted by molar-refractivity contribution is 0.703. The summed E-state index contributed by atoms with van der Waals surface area (Å²) in [5.41, 5.74) is 5.62. The highest BCUT2D eigenvalue weighted by Gasteiger charge is 2.21. The Kier molecular flexibility index (Phi) is 2.67. The quantitative estimate of drug-likeness (QED) is 0.794. The minimum atomic E-state index is 0.643. The zero-order valence-electron chi connectivity index (χ0n) is 10.3. The van der Waals surface area contributed by atoms with E-state index in [1.54, 1.807) is 0 Å². The summed E-state index contributed by atoms with van der Waals surface area (Å²) in [6.45, 7) is 5.46. The van der Waals surface area contributed by atoms with Crippen LogP contribution in [-0.4, -0.2) is 6.54 Å². The molecule has 0 saturated heterocycles. The topological polar surface area (TPSA) is 12.0 Å². The molecule has 17 heavy (non-hydrogen) atoms. The van der Waals surface area contributed by atoms with Crippen LogP contribution in [-0.2, 0) is 6.42 Å². The molecule has 1 atom stereocenters. The third-order valence-corrected chi connectivity index (χ3v) is 4.59. The van der Waals surface area contributed by atoms with E-state index in [4.69, 9.17) is 0 Å². The Labute approximate surface area is 106 Å². The molecule has 0 radical (unpaired) electrons. The average molecular weight is 243 g/mol. The summed E-state index contributed by atoms with van der Waals surface area (Å²) >= 11 is 1.87. The van der Waals surface area contributed by atoms with E-state index in [0.717, 1.165) is 6.54 Å². The summed E-state index contributed by atoms with van der Waals surface area (Å²) in [6, 6.07) is 8.97. The molecule has 1 unspecified atom stereocenters. The zero-order valence-corrected chi connectivity index (χ0v) is 11.1. The molecule has 0 spiro atoms. The van der Waals surface area contributed by atoms with E-state index in [-0.39, 0.29) is 0 Å². The number of rotatable bonds is 1. The second-order valence-electron chi connectivity index (χ2n) is 4.91. The van der Waals surface area contributed by atoms with E-state index in [1.807, 2.05) is 11.3 Å². The lowest BCUT2D eigenvalue weighted by Gasteiger charge is -2.27. The van der Waals surface area contributed by atoms with Crippen molar-refractivity contribution in [2.45, 2.75) is 26.2 Å². The molecule has 2 heterocycles. The Balaban J connectivity index is 1.95. The first-order valence-electron chi connectivity index (χ1n) is 6.11. The summed E-state index contributed by atoms with van der Waals surface area (Å²) in [4.78, 5) is 1.50. The molecule has 1 aromatic carbocycles. The first-order chi connectivity index (χ1) is 8.24. The van der Waals surface area contributed by atoms with E-state index < -0.39 is 0 Å². The standard InChI is InChI=1S/C15H17NS/c1-10-6-11(2)13-8-12(9-16-14(13)7-10)15-4-3-5-17-15/h3-7,12,16H,8-9H2,1-2H3. The maximum atomic E-state index is 3.59. The second-order valence-corrected chi connectivity index (χ2v) is 5.88. The third kappa shape index (κ3) is 1.98. The smallest absolute Gasteiger partial charge is 0.0378 e. The molecule has 1 N–H and O–H groups in total. The third-order valence-electron chi connectivity index (χ3n) is 3.55.